The third-order valence-corrected chi connectivity index (χ3v) is 7.31. The van der Waals surface area contributed by atoms with Crippen molar-refractivity contribution in [3.63, 3.8) is 0 Å². The van der Waals surface area contributed by atoms with Gasteiger partial charge in [0.1, 0.15) is 6.04 Å². The summed E-state index contributed by atoms with van der Waals surface area (Å²) in [5.41, 5.74) is 4.13. The lowest BCUT2D eigenvalue weighted by atomic mass is 10.0. The van der Waals surface area contributed by atoms with E-state index in [-0.39, 0.29) is 36.9 Å². The molecule has 33 heavy (non-hydrogen) atoms. The van der Waals surface area contributed by atoms with Gasteiger partial charge in [0, 0.05) is 30.6 Å². The lowest BCUT2D eigenvalue weighted by Crippen LogP contribution is -2.52. The molecule has 2 aromatic rings. The smallest absolute Gasteiger partial charge is 0.272 e. The van der Waals surface area contributed by atoms with Crippen LogP contribution in [0.15, 0.2) is 36.4 Å². The number of imide groups is 1. The Morgan fingerprint density at radius 3 is 2.64 bits per heavy atom. The van der Waals surface area contributed by atoms with E-state index in [4.69, 9.17) is 0 Å². The number of piperidine rings is 1. The third kappa shape index (κ3) is 4.50. The first-order valence-electron chi connectivity index (χ1n) is 10.6. The van der Waals surface area contributed by atoms with Crippen LogP contribution in [0, 0.1) is 13.8 Å². The van der Waals surface area contributed by atoms with E-state index >= 15 is 4.39 Å². The number of amides is 4. The molecule has 0 saturated carbocycles. The molecule has 0 aromatic heterocycles. The average molecular weight is 563 g/mol. The van der Waals surface area contributed by atoms with Crippen molar-refractivity contribution in [2.24, 2.45) is 0 Å². The molecule has 172 valence electrons. The molecule has 7 nitrogen and oxygen atoms in total. The van der Waals surface area contributed by atoms with Crippen LogP contribution in [-0.2, 0) is 31.1 Å². The number of benzene rings is 2. The van der Waals surface area contributed by atoms with E-state index in [0.29, 0.717) is 17.5 Å². The van der Waals surface area contributed by atoms with E-state index in [1.807, 2.05) is 13.8 Å². The molecule has 0 radical (unpaired) electrons. The van der Waals surface area contributed by atoms with E-state index in [9.17, 15) is 19.2 Å². The fourth-order valence-corrected chi connectivity index (χ4v) is 4.63. The van der Waals surface area contributed by atoms with E-state index in [1.54, 1.807) is 36.4 Å². The zero-order valence-electron chi connectivity index (χ0n) is 18.2. The standard InChI is InChI=1S/C24H23FIN3O4/c1-13-3-5-17(9-14(13)2)24(25,26)23(33)27-11-15-4-6-18-16(10-15)12-29(22(18)32)19-7-8-20(30)28-21(19)31/h3-6,9-10,19H,7-8,11-12H2,1-2H3,(H,27,33)(H,28,30,31). The Hall–Kier alpha value is -2.82. The molecule has 2 aromatic carbocycles. The van der Waals surface area contributed by atoms with Crippen molar-refractivity contribution in [2.75, 3.05) is 0 Å². The van der Waals surface area contributed by atoms with Crippen molar-refractivity contribution in [3.8, 4) is 0 Å². The zero-order chi connectivity index (χ0) is 23.9. The first-order valence-corrected chi connectivity index (χ1v) is 11.7. The zero-order valence-corrected chi connectivity index (χ0v) is 20.4. The third-order valence-electron chi connectivity index (χ3n) is 6.20. The molecule has 2 heterocycles. The summed E-state index contributed by atoms with van der Waals surface area (Å²) in [4.78, 5) is 50.4. The van der Waals surface area contributed by atoms with Crippen molar-refractivity contribution in [1.82, 2.24) is 15.5 Å². The molecule has 1 saturated heterocycles. The molecule has 0 bridgehead atoms. The van der Waals surface area contributed by atoms with Gasteiger partial charge in [-0.1, -0.05) is 30.3 Å². The molecule has 2 unspecified atom stereocenters. The number of nitrogens with one attached hydrogen (secondary N) is 2. The Bertz CT molecular complexity index is 1180. The number of hydrogen-bond acceptors (Lipinski definition) is 4. The Labute approximate surface area is 204 Å². The van der Waals surface area contributed by atoms with E-state index < -0.39 is 21.5 Å². The van der Waals surface area contributed by atoms with Gasteiger partial charge in [-0.25, -0.2) is 4.39 Å². The first kappa shape index (κ1) is 23.3. The van der Waals surface area contributed by atoms with E-state index in [2.05, 4.69) is 10.6 Å². The Kier molecular flexibility index (Phi) is 6.26. The Balaban J connectivity index is 1.44. The van der Waals surface area contributed by atoms with Gasteiger partial charge in [-0.2, -0.15) is 0 Å². The molecule has 1 fully saturated rings. The van der Waals surface area contributed by atoms with Crippen LogP contribution in [-0.4, -0.2) is 34.6 Å². The SMILES string of the molecule is Cc1ccc(C(F)(I)C(=O)NCc2ccc3c(c2)CN(C2CCC(=O)NC2=O)C3=O)cc1C. The van der Waals surface area contributed by atoms with Crippen LogP contribution in [0.25, 0.3) is 0 Å². The number of nitrogens with zero attached hydrogens (tertiary/aromatic N) is 1. The van der Waals surface area contributed by atoms with Crippen molar-refractivity contribution in [2.45, 2.75) is 49.5 Å². The average Bonchev–Trinajstić information content (AvgIpc) is 3.09. The fraction of sp³-hybridized carbons (Fsp3) is 0.333. The number of rotatable bonds is 5. The monoisotopic (exact) mass is 563 g/mol. The van der Waals surface area contributed by atoms with Crippen molar-refractivity contribution in [1.29, 1.82) is 0 Å². The number of hydrogen-bond donors (Lipinski definition) is 2. The summed E-state index contributed by atoms with van der Waals surface area (Å²) in [6, 6.07) is 9.52. The van der Waals surface area contributed by atoms with Crippen molar-refractivity contribution < 1.29 is 23.6 Å². The first-order chi connectivity index (χ1) is 15.6. The Morgan fingerprint density at radius 2 is 1.94 bits per heavy atom. The van der Waals surface area contributed by atoms with Gasteiger partial charge in [-0.15, -0.1) is 0 Å². The normalized spacial score (nSPS) is 19.7. The van der Waals surface area contributed by atoms with Crippen LogP contribution in [0.3, 0.4) is 0 Å². The number of fused-ring (bicyclic) bond motifs is 1. The maximum atomic E-state index is 15.3. The van der Waals surface area contributed by atoms with Crippen LogP contribution >= 0.6 is 22.6 Å². The molecule has 9 heteroatoms. The highest BCUT2D eigenvalue weighted by molar-refractivity contribution is 14.1. The Morgan fingerprint density at radius 1 is 1.18 bits per heavy atom. The molecule has 2 aliphatic heterocycles. The van der Waals surface area contributed by atoms with Gasteiger partial charge in [-0.05, 0) is 71.2 Å². The van der Waals surface area contributed by atoms with Crippen LogP contribution in [0.4, 0.5) is 4.39 Å². The van der Waals surface area contributed by atoms with Crippen molar-refractivity contribution in [3.05, 3.63) is 69.8 Å². The maximum Gasteiger partial charge on any atom is 0.272 e. The fourth-order valence-electron chi connectivity index (χ4n) is 4.10. The summed E-state index contributed by atoms with van der Waals surface area (Å²) >= 11 is 1.51. The minimum atomic E-state index is -2.22. The van der Waals surface area contributed by atoms with Gasteiger partial charge >= 0.3 is 0 Å². The largest absolute Gasteiger partial charge is 0.348 e. The molecule has 2 N–H and O–H groups in total. The van der Waals surface area contributed by atoms with Gasteiger partial charge in [0.25, 0.3) is 15.5 Å². The second kappa shape index (κ2) is 8.85. The predicted octanol–water partition coefficient (Wildman–Crippen LogP) is 2.94. The highest BCUT2D eigenvalue weighted by Gasteiger charge is 2.40. The van der Waals surface area contributed by atoms with Crippen LogP contribution in [0.2, 0.25) is 0 Å². The molecule has 2 atom stereocenters. The lowest BCUT2D eigenvalue weighted by molar-refractivity contribution is -0.137. The van der Waals surface area contributed by atoms with E-state index in [0.717, 1.165) is 16.7 Å². The second-order valence-electron chi connectivity index (χ2n) is 8.45. The van der Waals surface area contributed by atoms with E-state index in [1.165, 1.54) is 27.5 Å². The second-order valence-corrected chi connectivity index (χ2v) is 9.93. The minimum Gasteiger partial charge on any atom is -0.348 e. The molecule has 4 rings (SSSR count). The number of carbonyl (C=O) groups is 4. The summed E-state index contributed by atoms with van der Waals surface area (Å²) in [5.74, 6) is -1.82. The number of halogens is 2. The highest BCUT2D eigenvalue weighted by atomic mass is 127. The topological polar surface area (TPSA) is 95.6 Å². The van der Waals surface area contributed by atoms with Crippen LogP contribution in [0.1, 0.15) is 51.0 Å². The van der Waals surface area contributed by atoms with Gasteiger partial charge in [0.15, 0.2) is 0 Å². The molecule has 4 amide bonds. The number of aryl methyl sites for hydroxylation is 2. The molecule has 2 aliphatic rings. The summed E-state index contributed by atoms with van der Waals surface area (Å²) in [5, 5.41) is 4.92. The number of alkyl halides is 2. The molecular weight excluding hydrogens is 540 g/mol. The summed E-state index contributed by atoms with van der Waals surface area (Å²) in [7, 11) is 0. The maximum absolute atomic E-state index is 15.3. The van der Waals surface area contributed by atoms with Gasteiger partial charge in [-0.3, -0.25) is 24.5 Å². The number of carbonyl (C=O) groups excluding carboxylic acids is 4. The van der Waals surface area contributed by atoms with Gasteiger partial charge in [0.2, 0.25) is 11.8 Å². The van der Waals surface area contributed by atoms with Crippen LogP contribution < -0.4 is 10.6 Å². The van der Waals surface area contributed by atoms with Crippen LogP contribution in [0.5, 0.6) is 0 Å². The minimum absolute atomic E-state index is 0.0955. The predicted molar refractivity (Wildman–Crippen MR) is 127 cm³/mol. The van der Waals surface area contributed by atoms with Crippen molar-refractivity contribution >= 4 is 46.2 Å². The van der Waals surface area contributed by atoms with Gasteiger partial charge in [0.05, 0.1) is 0 Å². The summed E-state index contributed by atoms with van der Waals surface area (Å²) < 4.78 is 13.1. The lowest BCUT2D eigenvalue weighted by Gasteiger charge is -2.29. The molecule has 0 spiro atoms. The molecule has 0 aliphatic carbocycles. The van der Waals surface area contributed by atoms with Gasteiger partial charge < -0.3 is 10.2 Å². The quantitative estimate of drug-likeness (QED) is 0.333. The summed E-state index contributed by atoms with van der Waals surface area (Å²) in [6.45, 7) is 4.13. The molecular formula is C24H23FIN3O4. The summed E-state index contributed by atoms with van der Waals surface area (Å²) in [6.07, 6.45) is 0.482. The highest BCUT2D eigenvalue weighted by Crippen LogP contribution is 2.35.